The molecule has 0 aromatic heterocycles. The maximum Gasteiger partial charge on any atom is 0.126 e. The van der Waals surface area contributed by atoms with E-state index in [1.54, 1.807) is 20.3 Å². The van der Waals surface area contributed by atoms with Crippen LogP contribution >= 0.6 is 11.6 Å². The number of para-hydroxylation sites is 1. The van der Waals surface area contributed by atoms with Gasteiger partial charge in [0.05, 0.1) is 14.2 Å². The Morgan fingerprint density at radius 3 is 2.60 bits per heavy atom. The number of methoxy groups -OCH3 is 2. The predicted octanol–water partition coefficient (Wildman–Crippen LogP) is 4.61. The number of hydrogen-bond acceptors (Lipinski definition) is 2. The van der Waals surface area contributed by atoms with Crippen molar-refractivity contribution < 1.29 is 9.47 Å². The van der Waals surface area contributed by atoms with Gasteiger partial charge in [0.25, 0.3) is 0 Å². The van der Waals surface area contributed by atoms with Crippen LogP contribution in [0.5, 0.6) is 11.5 Å². The number of allylic oxidation sites excluding steroid dienone is 1. The maximum absolute atomic E-state index is 6.05. The van der Waals surface area contributed by atoms with E-state index < -0.39 is 0 Å². The van der Waals surface area contributed by atoms with Crippen LogP contribution in [-0.2, 0) is 6.42 Å². The summed E-state index contributed by atoms with van der Waals surface area (Å²) in [5.41, 5.74) is 2.17. The van der Waals surface area contributed by atoms with Gasteiger partial charge >= 0.3 is 0 Å². The van der Waals surface area contributed by atoms with Gasteiger partial charge in [-0.05, 0) is 36.2 Å². The second-order valence-electron chi connectivity index (χ2n) is 4.35. The average molecular weight is 289 g/mol. The van der Waals surface area contributed by atoms with E-state index in [1.807, 2.05) is 42.5 Å². The molecule has 0 bridgehead atoms. The zero-order valence-electron chi connectivity index (χ0n) is 11.6. The van der Waals surface area contributed by atoms with Crippen molar-refractivity contribution in [2.24, 2.45) is 0 Å². The molecule has 0 aliphatic carbocycles. The van der Waals surface area contributed by atoms with Crippen LogP contribution in [0.1, 0.15) is 11.1 Å². The van der Waals surface area contributed by atoms with Crippen molar-refractivity contribution in [1.82, 2.24) is 0 Å². The van der Waals surface area contributed by atoms with E-state index in [9.17, 15) is 0 Å². The SMILES string of the molecule is COc1cc(Cl)cc(C/C=C/c2ccccc2OC)c1. The van der Waals surface area contributed by atoms with Crippen LogP contribution in [0.3, 0.4) is 0 Å². The first kappa shape index (κ1) is 14.5. The largest absolute Gasteiger partial charge is 0.497 e. The van der Waals surface area contributed by atoms with Gasteiger partial charge in [-0.3, -0.25) is 0 Å². The second-order valence-corrected chi connectivity index (χ2v) is 4.78. The Morgan fingerprint density at radius 1 is 1.05 bits per heavy atom. The lowest BCUT2D eigenvalue weighted by Gasteiger charge is -2.05. The standard InChI is InChI=1S/C17H17ClO2/c1-19-16-11-13(10-15(18)12-16)6-5-8-14-7-3-4-9-17(14)20-2/h3-5,7-12H,6H2,1-2H3/b8-5+. The van der Waals surface area contributed by atoms with Crippen LogP contribution in [-0.4, -0.2) is 14.2 Å². The van der Waals surface area contributed by atoms with Crippen molar-refractivity contribution in [1.29, 1.82) is 0 Å². The summed E-state index contributed by atoms with van der Waals surface area (Å²) in [4.78, 5) is 0. The molecule has 0 spiro atoms. The van der Waals surface area contributed by atoms with Crippen molar-refractivity contribution in [2.45, 2.75) is 6.42 Å². The minimum absolute atomic E-state index is 0.685. The first-order valence-electron chi connectivity index (χ1n) is 6.36. The van der Waals surface area contributed by atoms with Gasteiger partial charge in [-0.15, -0.1) is 0 Å². The van der Waals surface area contributed by atoms with Crippen LogP contribution in [0.2, 0.25) is 5.02 Å². The molecule has 2 rings (SSSR count). The van der Waals surface area contributed by atoms with E-state index in [4.69, 9.17) is 21.1 Å². The molecule has 0 atom stereocenters. The summed E-state index contributed by atoms with van der Waals surface area (Å²) in [5.74, 6) is 1.64. The fourth-order valence-corrected chi connectivity index (χ4v) is 2.23. The van der Waals surface area contributed by atoms with Gasteiger partial charge < -0.3 is 9.47 Å². The zero-order chi connectivity index (χ0) is 14.4. The average Bonchev–Trinajstić information content (AvgIpc) is 2.47. The molecular weight excluding hydrogens is 272 g/mol. The minimum atomic E-state index is 0.685. The molecule has 3 heteroatoms. The number of halogens is 1. The molecule has 104 valence electrons. The van der Waals surface area contributed by atoms with E-state index in [0.29, 0.717) is 5.02 Å². The van der Waals surface area contributed by atoms with E-state index in [-0.39, 0.29) is 0 Å². The second kappa shape index (κ2) is 7.01. The van der Waals surface area contributed by atoms with Gasteiger partial charge in [0, 0.05) is 10.6 Å². The third-order valence-corrected chi connectivity index (χ3v) is 3.17. The van der Waals surface area contributed by atoms with Gasteiger partial charge in [-0.25, -0.2) is 0 Å². The lowest BCUT2D eigenvalue weighted by atomic mass is 10.1. The Morgan fingerprint density at radius 2 is 1.85 bits per heavy atom. The summed E-state index contributed by atoms with van der Waals surface area (Å²) in [7, 11) is 3.31. The summed E-state index contributed by atoms with van der Waals surface area (Å²) in [6.07, 6.45) is 4.92. The number of hydrogen-bond donors (Lipinski definition) is 0. The molecule has 0 amide bonds. The third kappa shape index (κ3) is 3.78. The van der Waals surface area contributed by atoms with Crippen molar-refractivity contribution >= 4 is 17.7 Å². The molecule has 0 radical (unpaired) electrons. The topological polar surface area (TPSA) is 18.5 Å². The fraction of sp³-hybridized carbons (Fsp3) is 0.176. The van der Waals surface area contributed by atoms with Gasteiger partial charge in [0.1, 0.15) is 11.5 Å². The summed E-state index contributed by atoms with van der Waals surface area (Å²) in [6.45, 7) is 0. The summed E-state index contributed by atoms with van der Waals surface area (Å²) in [6, 6.07) is 13.6. The smallest absolute Gasteiger partial charge is 0.126 e. The first-order valence-corrected chi connectivity index (χ1v) is 6.73. The highest BCUT2D eigenvalue weighted by atomic mass is 35.5. The first-order chi connectivity index (χ1) is 9.72. The van der Waals surface area contributed by atoms with Crippen LogP contribution in [0.15, 0.2) is 48.5 Å². The van der Waals surface area contributed by atoms with Crippen LogP contribution in [0, 0.1) is 0 Å². The quantitative estimate of drug-likeness (QED) is 0.800. The van der Waals surface area contributed by atoms with E-state index in [2.05, 4.69) is 6.08 Å². The van der Waals surface area contributed by atoms with Crippen molar-refractivity contribution in [2.75, 3.05) is 14.2 Å². The van der Waals surface area contributed by atoms with E-state index in [0.717, 1.165) is 29.0 Å². The molecule has 0 saturated heterocycles. The number of ether oxygens (including phenoxy) is 2. The van der Waals surface area contributed by atoms with E-state index in [1.165, 1.54) is 0 Å². The Labute approximate surface area is 124 Å². The monoisotopic (exact) mass is 288 g/mol. The third-order valence-electron chi connectivity index (χ3n) is 2.96. The maximum atomic E-state index is 6.05. The minimum Gasteiger partial charge on any atom is -0.497 e. The molecular formula is C17H17ClO2. The predicted molar refractivity (Wildman–Crippen MR) is 83.7 cm³/mol. The van der Waals surface area contributed by atoms with Crippen LogP contribution in [0.25, 0.3) is 6.08 Å². The highest BCUT2D eigenvalue weighted by Crippen LogP contribution is 2.22. The molecule has 0 aliphatic heterocycles. The number of benzene rings is 2. The molecule has 0 heterocycles. The zero-order valence-corrected chi connectivity index (χ0v) is 12.4. The summed E-state index contributed by atoms with van der Waals surface area (Å²) >= 11 is 6.05. The molecule has 0 unspecified atom stereocenters. The molecule has 2 aromatic carbocycles. The Hall–Kier alpha value is -1.93. The van der Waals surface area contributed by atoms with Gasteiger partial charge in [-0.1, -0.05) is 42.0 Å². The highest BCUT2D eigenvalue weighted by Gasteiger charge is 1.99. The number of rotatable bonds is 5. The van der Waals surface area contributed by atoms with Crippen LogP contribution < -0.4 is 9.47 Å². The molecule has 0 N–H and O–H groups in total. The molecule has 2 nitrogen and oxygen atoms in total. The van der Waals surface area contributed by atoms with E-state index >= 15 is 0 Å². The Kier molecular flexibility index (Phi) is 5.08. The Bertz CT molecular complexity index is 606. The lowest BCUT2D eigenvalue weighted by Crippen LogP contribution is -1.88. The van der Waals surface area contributed by atoms with Crippen molar-refractivity contribution in [3.63, 3.8) is 0 Å². The molecule has 20 heavy (non-hydrogen) atoms. The van der Waals surface area contributed by atoms with Crippen LogP contribution in [0.4, 0.5) is 0 Å². The highest BCUT2D eigenvalue weighted by molar-refractivity contribution is 6.30. The van der Waals surface area contributed by atoms with Crippen molar-refractivity contribution in [3.8, 4) is 11.5 Å². The van der Waals surface area contributed by atoms with Crippen molar-refractivity contribution in [3.05, 3.63) is 64.7 Å². The summed E-state index contributed by atoms with van der Waals surface area (Å²) < 4.78 is 10.5. The normalized spacial score (nSPS) is 10.8. The van der Waals surface area contributed by atoms with Gasteiger partial charge in [0.15, 0.2) is 0 Å². The lowest BCUT2D eigenvalue weighted by molar-refractivity contribution is 0.414. The Balaban J connectivity index is 2.12. The molecule has 2 aromatic rings. The fourth-order valence-electron chi connectivity index (χ4n) is 1.98. The molecule has 0 aliphatic rings. The molecule has 0 saturated carbocycles. The van der Waals surface area contributed by atoms with Gasteiger partial charge in [-0.2, -0.15) is 0 Å². The molecule has 0 fully saturated rings. The van der Waals surface area contributed by atoms with Gasteiger partial charge in [0.2, 0.25) is 0 Å². The summed E-state index contributed by atoms with van der Waals surface area (Å²) in [5, 5.41) is 0.685.